The normalized spacial score (nSPS) is 23.2. The Hall–Kier alpha value is -5.29. The van der Waals surface area contributed by atoms with E-state index in [2.05, 4.69) is 64.9 Å². The molecule has 0 bridgehead atoms. The van der Waals surface area contributed by atoms with Crippen LogP contribution in [0.2, 0.25) is 0 Å². The summed E-state index contributed by atoms with van der Waals surface area (Å²) in [5.41, 5.74) is 8.54. The van der Waals surface area contributed by atoms with E-state index in [0.29, 0.717) is 31.1 Å². The van der Waals surface area contributed by atoms with Gasteiger partial charge in [-0.15, -0.1) is 0 Å². The first-order valence-corrected chi connectivity index (χ1v) is 20.0. The highest BCUT2D eigenvalue weighted by atomic mass is 16.5. The third kappa shape index (κ3) is 8.28. The predicted octanol–water partition coefficient (Wildman–Crippen LogP) is 6.49. The van der Waals surface area contributed by atoms with Crippen LogP contribution in [0.3, 0.4) is 0 Å². The summed E-state index contributed by atoms with van der Waals surface area (Å²) in [5.74, 6) is 0.610. The van der Waals surface area contributed by atoms with Gasteiger partial charge in [-0.25, -0.2) is 0 Å². The Kier molecular flexibility index (Phi) is 11.3. The van der Waals surface area contributed by atoms with Gasteiger partial charge in [0.25, 0.3) is 5.91 Å². The Bertz CT molecular complexity index is 2080. The molecule has 56 heavy (non-hydrogen) atoms. The zero-order chi connectivity index (χ0) is 38.6. The molecule has 4 unspecified atom stereocenters. The van der Waals surface area contributed by atoms with Crippen LogP contribution in [-0.4, -0.2) is 83.8 Å². The maximum absolute atomic E-state index is 13.1. The van der Waals surface area contributed by atoms with Crippen molar-refractivity contribution in [3.05, 3.63) is 130 Å². The van der Waals surface area contributed by atoms with Crippen molar-refractivity contribution in [3.8, 4) is 11.5 Å². The number of carbonyl (C=O) groups is 3. The van der Waals surface area contributed by atoms with E-state index in [1.165, 1.54) is 16.7 Å². The smallest absolute Gasteiger partial charge is 0.255 e. The van der Waals surface area contributed by atoms with E-state index in [1.807, 2.05) is 42.5 Å². The molecular weight excluding hydrogens is 705 g/mol. The molecule has 0 aliphatic carbocycles. The van der Waals surface area contributed by atoms with E-state index in [0.717, 1.165) is 79.9 Å². The highest BCUT2D eigenvalue weighted by molar-refractivity contribution is 6.05. The minimum atomic E-state index is -0.600. The molecule has 10 heteroatoms. The molecule has 3 fully saturated rings. The third-order valence-electron chi connectivity index (χ3n) is 11.7. The average Bonchev–Trinajstić information content (AvgIpc) is 3.81. The van der Waals surface area contributed by atoms with E-state index in [4.69, 9.17) is 9.47 Å². The Labute approximate surface area is 328 Å². The number of likely N-dealkylation sites (tertiary alicyclic amines) is 1. The number of aromatic hydroxyl groups is 1. The summed E-state index contributed by atoms with van der Waals surface area (Å²) in [7, 11) is 0. The molecule has 4 heterocycles. The van der Waals surface area contributed by atoms with E-state index in [-0.39, 0.29) is 42.2 Å². The molecule has 10 nitrogen and oxygen atoms in total. The SMILES string of the molecule is CC/C(=C(\c1ccc(O)cc1)c1ccc(OCCN2CCC(OC3CCC(c4ccc5c(c4)CN(C4CCC(=O)NC4=O)C5=O)CN3)C2)cc1)c1ccccc1. The minimum Gasteiger partial charge on any atom is -0.508 e. The second-order valence-electron chi connectivity index (χ2n) is 15.3. The Morgan fingerprint density at radius 2 is 1.62 bits per heavy atom. The number of benzene rings is 4. The van der Waals surface area contributed by atoms with E-state index in [9.17, 15) is 19.5 Å². The first-order chi connectivity index (χ1) is 27.3. The summed E-state index contributed by atoms with van der Waals surface area (Å²) >= 11 is 0. The van der Waals surface area contributed by atoms with Gasteiger partial charge >= 0.3 is 0 Å². The van der Waals surface area contributed by atoms with Crippen molar-refractivity contribution in [1.29, 1.82) is 0 Å². The fraction of sp³-hybridized carbons (Fsp3) is 0.370. The van der Waals surface area contributed by atoms with Crippen molar-refractivity contribution in [3.63, 3.8) is 0 Å². The molecular formula is C46H50N4O6. The largest absolute Gasteiger partial charge is 0.508 e. The van der Waals surface area contributed by atoms with Crippen LogP contribution in [0.15, 0.2) is 97.1 Å². The lowest BCUT2D eigenvalue weighted by molar-refractivity contribution is -0.136. The van der Waals surface area contributed by atoms with Gasteiger partial charge < -0.3 is 19.5 Å². The van der Waals surface area contributed by atoms with Crippen LogP contribution in [0, 0.1) is 0 Å². The van der Waals surface area contributed by atoms with Crippen LogP contribution in [0.4, 0.5) is 0 Å². The predicted molar refractivity (Wildman–Crippen MR) is 215 cm³/mol. The highest BCUT2D eigenvalue weighted by Gasteiger charge is 2.39. The van der Waals surface area contributed by atoms with Gasteiger partial charge in [-0.05, 0) is 107 Å². The van der Waals surface area contributed by atoms with E-state index < -0.39 is 6.04 Å². The lowest BCUT2D eigenvalue weighted by Gasteiger charge is -2.32. The number of carbonyl (C=O) groups excluding carboxylic acids is 3. The molecule has 8 rings (SSSR count). The molecule has 3 saturated heterocycles. The van der Waals surface area contributed by atoms with Crippen molar-refractivity contribution < 1.29 is 29.0 Å². The maximum atomic E-state index is 13.1. The van der Waals surface area contributed by atoms with E-state index >= 15 is 0 Å². The van der Waals surface area contributed by atoms with Gasteiger partial charge in [0, 0.05) is 44.7 Å². The molecule has 4 atom stereocenters. The molecule has 290 valence electrons. The number of imide groups is 1. The van der Waals surface area contributed by atoms with Crippen molar-refractivity contribution in [2.24, 2.45) is 0 Å². The third-order valence-corrected chi connectivity index (χ3v) is 11.7. The number of hydrogen-bond donors (Lipinski definition) is 3. The number of amides is 3. The molecule has 0 saturated carbocycles. The molecule has 4 aliphatic heterocycles. The molecule has 3 N–H and O–H groups in total. The highest BCUT2D eigenvalue weighted by Crippen LogP contribution is 2.36. The minimum absolute atomic E-state index is 0.0145. The molecule has 0 spiro atoms. The van der Waals surface area contributed by atoms with Gasteiger partial charge in [-0.1, -0.05) is 73.7 Å². The molecule has 3 amide bonds. The second-order valence-corrected chi connectivity index (χ2v) is 15.3. The maximum Gasteiger partial charge on any atom is 0.255 e. The van der Waals surface area contributed by atoms with Crippen molar-refractivity contribution >= 4 is 28.9 Å². The van der Waals surface area contributed by atoms with Crippen LogP contribution in [0.25, 0.3) is 11.1 Å². The van der Waals surface area contributed by atoms with Crippen molar-refractivity contribution in [1.82, 2.24) is 20.4 Å². The molecule has 4 aromatic rings. The summed E-state index contributed by atoms with van der Waals surface area (Å²) in [4.78, 5) is 41.2. The second kappa shape index (κ2) is 16.8. The van der Waals surface area contributed by atoms with Gasteiger partial charge in [-0.3, -0.25) is 29.9 Å². The van der Waals surface area contributed by atoms with Crippen LogP contribution < -0.4 is 15.4 Å². The zero-order valence-corrected chi connectivity index (χ0v) is 31.9. The van der Waals surface area contributed by atoms with Crippen molar-refractivity contribution in [2.45, 2.75) is 76.3 Å². The Morgan fingerprint density at radius 3 is 2.34 bits per heavy atom. The van der Waals surface area contributed by atoms with Crippen LogP contribution in [0.1, 0.15) is 89.5 Å². The van der Waals surface area contributed by atoms with Crippen LogP contribution in [-0.2, 0) is 20.9 Å². The fourth-order valence-electron chi connectivity index (χ4n) is 8.74. The van der Waals surface area contributed by atoms with Crippen LogP contribution in [0.5, 0.6) is 11.5 Å². The number of phenolic OH excluding ortho intramolecular Hbond substituents is 1. The standard InChI is InChI=1S/C46H50N4O6/c1-2-39(30-6-4-3-5-7-30)44(31-8-14-36(51)15-9-31)32-10-16-37(17-11-32)55-25-24-49-23-22-38(29-49)56-43-21-13-34(27-47-43)33-12-18-40-35(26-33)28-50(46(40)54)41-19-20-42(52)48-45(41)53/h3-12,14-18,26,34,38,41,43,47,51H,2,13,19-25,27-29H2,1H3,(H,48,52,53)/b44-39-. The Morgan fingerprint density at radius 1 is 0.857 bits per heavy atom. The van der Waals surface area contributed by atoms with Gasteiger partial charge in [-0.2, -0.15) is 0 Å². The number of hydrogen-bond acceptors (Lipinski definition) is 8. The average molecular weight is 755 g/mol. The summed E-state index contributed by atoms with van der Waals surface area (Å²) in [6.07, 6.45) is 4.57. The summed E-state index contributed by atoms with van der Waals surface area (Å²) in [6.45, 7) is 6.66. The molecule has 0 aromatic heterocycles. The van der Waals surface area contributed by atoms with Crippen molar-refractivity contribution in [2.75, 3.05) is 32.8 Å². The van der Waals surface area contributed by atoms with E-state index in [1.54, 1.807) is 17.0 Å². The first kappa shape index (κ1) is 37.6. The van der Waals surface area contributed by atoms with Gasteiger partial charge in [0.05, 0.1) is 6.10 Å². The first-order valence-electron chi connectivity index (χ1n) is 20.0. The quantitative estimate of drug-likeness (QED) is 0.111. The Balaban J connectivity index is 0.798. The molecule has 0 radical (unpaired) electrons. The number of fused-ring (bicyclic) bond motifs is 1. The number of allylic oxidation sites excluding steroid dienone is 1. The lowest BCUT2D eigenvalue weighted by Crippen LogP contribution is -2.52. The number of phenols is 1. The van der Waals surface area contributed by atoms with Gasteiger partial charge in [0.15, 0.2) is 0 Å². The fourth-order valence-corrected chi connectivity index (χ4v) is 8.74. The molecule has 4 aliphatic rings. The number of ether oxygens (including phenoxy) is 2. The topological polar surface area (TPSA) is 120 Å². The molecule has 4 aromatic carbocycles. The van der Waals surface area contributed by atoms with Gasteiger partial charge in [0.2, 0.25) is 11.8 Å². The van der Waals surface area contributed by atoms with Crippen LogP contribution >= 0.6 is 0 Å². The number of nitrogens with one attached hydrogen (secondary N) is 2. The number of rotatable bonds is 12. The van der Waals surface area contributed by atoms with Gasteiger partial charge in [0.1, 0.15) is 30.4 Å². The monoisotopic (exact) mass is 754 g/mol. The number of nitrogens with zero attached hydrogens (tertiary/aromatic N) is 2. The zero-order valence-electron chi connectivity index (χ0n) is 31.9. The summed E-state index contributed by atoms with van der Waals surface area (Å²) < 4.78 is 12.8. The lowest BCUT2D eigenvalue weighted by atomic mass is 9.88. The number of piperidine rings is 2. The summed E-state index contributed by atoms with van der Waals surface area (Å²) in [5, 5.41) is 16.0. The summed E-state index contributed by atoms with van der Waals surface area (Å²) in [6, 6.07) is 31.7.